The molecule has 0 aliphatic carbocycles. The Kier molecular flexibility index (Phi) is 4.70. The molecule has 0 saturated heterocycles. The summed E-state index contributed by atoms with van der Waals surface area (Å²) in [7, 11) is 0. The maximum absolute atomic E-state index is 9.76. The Balaban J connectivity index is 1.31. The van der Waals surface area contributed by atoms with Crippen molar-refractivity contribution in [2.45, 2.75) is 0 Å². The van der Waals surface area contributed by atoms with Crippen LogP contribution in [0.1, 0.15) is 26.0 Å². The molecule has 10 rings (SSSR count). The molecule has 0 saturated carbocycles. The quantitative estimate of drug-likeness (QED) is 0.163. The van der Waals surface area contributed by atoms with Crippen LogP contribution in [0.4, 0.5) is 0 Å². The van der Waals surface area contributed by atoms with Crippen molar-refractivity contribution in [3.05, 3.63) is 200 Å². The monoisotopic (exact) mass is 738 g/mol. The van der Waals surface area contributed by atoms with E-state index < -0.39 is 148 Å². The molecule has 0 N–H and O–H groups in total. The zero-order valence-corrected chi connectivity index (χ0v) is 29.1. The van der Waals surface area contributed by atoms with Gasteiger partial charge in [0.25, 0.3) is 0 Å². The van der Waals surface area contributed by atoms with E-state index in [1.54, 1.807) is 30.3 Å². The zero-order chi connectivity index (χ0) is 53.1. The maximum atomic E-state index is 9.76. The van der Waals surface area contributed by atoms with Crippen molar-refractivity contribution in [3.63, 3.8) is 0 Å². The zero-order valence-electron chi connectivity index (χ0n) is 47.3. The number of benzene rings is 8. The normalized spacial score (nSPS) is 16.1. The van der Waals surface area contributed by atoms with Crippen LogP contribution in [0.25, 0.3) is 98.8 Å². The average molecular weight is 739 g/mol. The lowest BCUT2D eigenvalue weighted by Crippen LogP contribution is -2.00. The Bertz CT molecular complexity index is 3900. The summed E-state index contributed by atoms with van der Waals surface area (Å²) in [5.41, 5.74) is -1.38. The van der Waals surface area contributed by atoms with Crippen molar-refractivity contribution >= 4 is 31.5 Å². The van der Waals surface area contributed by atoms with E-state index >= 15 is 0 Å². The summed E-state index contributed by atoms with van der Waals surface area (Å²) in [5.74, 6) is 0.204. The Morgan fingerprint density at radius 3 is 1.47 bits per heavy atom. The van der Waals surface area contributed by atoms with E-state index in [4.69, 9.17) is 31.4 Å². The standard InChI is InChI=1S/C51H33N3S/c1-5-14-34(15-6-1)37-24-26-39(27-25-37)50-52-49(38-20-11-4-12-21-38)53-51(54-50)40-28-29-45-47(33-40)55-46-23-13-22-44(48(45)46)43-31-41(35-16-7-2-8-17-35)30-42(32-43)36-18-9-3-10-19-36/h1-33H/i2D,3D,7D,8D,9D,10D,13D,16D,17D,18D,19D,22D,23D,28D,29D,30D,31D,32D,33D. The Labute approximate surface area is 350 Å². The van der Waals surface area contributed by atoms with Crippen molar-refractivity contribution in [2.75, 3.05) is 0 Å². The molecular weight excluding hydrogens is 687 g/mol. The topological polar surface area (TPSA) is 38.7 Å². The van der Waals surface area contributed by atoms with Crippen LogP contribution in [0.15, 0.2) is 200 Å². The van der Waals surface area contributed by atoms with E-state index in [0.717, 1.165) is 22.5 Å². The third kappa shape index (κ3) is 6.39. The highest BCUT2D eigenvalue weighted by Gasteiger charge is 2.17. The van der Waals surface area contributed by atoms with Crippen molar-refractivity contribution < 1.29 is 26.0 Å². The number of thiophene rings is 1. The highest BCUT2D eigenvalue weighted by molar-refractivity contribution is 7.26. The molecule has 0 spiro atoms. The minimum atomic E-state index is -0.937. The molecule has 2 heterocycles. The number of fused-ring (bicyclic) bond motifs is 3. The third-order valence-electron chi connectivity index (χ3n) is 8.71. The molecule has 0 bridgehead atoms. The summed E-state index contributed by atoms with van der Waals surface area (Å²) < 4.78 is 171. The van der Waals surface area contributed by atoms with Crippen LogP contribution in [0.2, 0.25) is 0 Å². The van der Waals surface area contributed by atoms with Gasteiger partial charge in [-0.05, 0) is 74.7 Å². The molecule has 10 aromatic rings. The van der Waals surface area contributed by atoms with Gasteiger partial charge in [0.2, 0.25) is 0 Å². The minimum Gasteiger partial charge on any atom is -0.208 e. The van der Waals surface area contributed by atoms with Gasteiger partial charge < -0.3 is 0 Å². The first-order chi connectivity index (χ1) is 35.2. The van der Waals surface area contributed by atoms with E-state index in [9.17, 15) is 9.60 Å². The smallest absolute Gasteiger partial charge is 0.164 e. The number of rotatable bonds is 7. The first-order valence-corrected chi connectivity index (χ1v) is 17.7. The van der Waals surface area contributed by atoms with Crippen LogP contribution >= 0.6 is 11.3 Å². The number of aromatic nitrogens is 3. The summed E-state index contributed by atoms with van der Waals surface area (Å²) in [6.45, 7) is 0. The molecule has 0 radical (unpaired) electrons. The molecule has 0 amide bonds. The molecule has 0 unspecified atom stereocenters. The lowest BCUT2D eigenvalue weighted by atomic mass is 9.91. The second-order valence-electron chi connectivity index (χ2n) is 12.1. The average Bonchev–Trinajstić information content (AvgIpc) is 3.84. The Hall–Kier alpha value is -7.01. The third-order valence-corrected chi connectivity index (χ3v) is 9.73. The van der Waals surface area contributed by atoms with E-state index in [-0.39, 0.29) is 43.2 Å². The first kappa shape index (κ1) is 18.4. The number of nitrogens with zero attached hydrogens (tertiary/aromatic N) is 3. The molecule has 0 fully saturated rings. The molecule has 55 heavy (non-hydrogen) atoms. The van der Waals surface area contributed by atoms with Crippen molar-refractivity contribution in [1.82, 2.24) is 15.0 Å². The van der Waals surface area contributed by atoms with Gasteiger partial charge in [-0.1, -0.05) is 170 Å². The van der Waals surface area contributed by atoms with Gasteiger partial charge in [-0.3, -0.25) is 0 Å². The van der Waals surface area contributed by atoms with Crippen LogP contribution in [0.3, 0.4) is 0 Å². The van der Waals surface area contributed by atoms with E-state index in [0.29, 0.717) is 11.1 Å². The Morgan fingerprint density at radius 2 is 0.855 bits per heavy atom. The molecule has 0 aliphatic heterocycles. The maximum Gasteiger partial charge on any atom is 0.164 e. The summed E-state index contributed by atoms with van der Waals surface area (Å²) in [5, 5.41) is -0.481. The van der Waals surface area contributed by atoms with Gasteiger partial charge in [-0.15, -0.1) is 11.3 Å². The fourth-order valence-electron chi connectivity index (χ4n) is 6.12. The first-order valence-electron chi connectivity index (χ1n) is 26.4. The number of hydrogen-bond donors (Lipinski definition) is 0. The van der Waals surface area contributed by atoms with Crippen LogP contribution in [-0.2, 0) is 0 Å². The van der Waals surface area contributed by atoms with Gasteiger partial charge in [0, 0.05) is 36.9 Å². The summed E-state index contributed by atoms with van der Waals surface area (Å²) >= 11 is 0.743. The lowest BCUT2D eigenvalue weighted by Gasteiger charge is -2.12. The van der Waals surface area contributed by atoms with Crippen molar-refractivity contribution in [2.24, 2.45) is 0 Å². The van der Waals surface area contributed by atoms with E-state index in [2.05, 4.69) is 0 Å². The lowest BCUT2D eigenvalue weighted by molar-refractivity contribution is 1.07. The summed E-state index contributed by atoms with van der Waals surface area (Å²) in [6.07, 6.45) is 0. The Morgan fingerprint density at radius 1 is 0.345 bits per heavy atom. The molecule has 258 valence electrons. The van der Waals surface area contributed by atoms with Gasteiger partial charge in [0.1, 0.15) is 0 Å². The molecule has 2 aromatic heterocycles. The van der Waals surface area contributed by atoms with E-state index in [1.165, 1.54) is 0 Å². The fraction of sp³-hybridized carbons (Fsp3) is 0. The fourth-order valence-corrected chi connectivity index (χ4v) is 7.14. The van der Waals surface area contributed by atoms with Crippen LogP contribution in [0, 0.1) is 0 Å². The summed E-state index contributed by atoms with van der Waals surface area (Å²) in [4.78, 5) is 14.3. The van der Waals surface area contributed by atoms with Crippen LogP contribution in [-0.4, -0.2) is 15.0 Å². The van der Waals surface area contributed by atoms with Crippen LogP contribution < -0.4 is 0 Å². The summed E-state index contributed by atoms with van der Waals surface area (Å²) in [6, 6.07) is 10.8. The molecule has 4 heteroatoms. The van der Waals surface area contributed by atoms with Gasteiger partial charge >= 0.3 is 0 Å². The molecule has 0 atom stereocenters. The largest absolute Gasteiger partial charge is 0.208 e. The molecule has 8 aromatic carbocycles. The van der Waals surface area contributed by atoms with E-state index in [1.807, 2.05) is 54.6 Å². The predicted molar refractivity (Wildman–Crippen MR) is 231 cm³/mol. The van der Waals surface area contributed by atoms with Gasteiger partial charge in [0.05, 0.1) is 26.0 Å². The molecule has 0 aliphatic rings. The molecule has 3 nitrogen and oxygen atoms in total. The van der Waals surface area contributed by atoms with Gasteiger partial charge in [-0.25, -0.2) is 15.0 Å². The highest BCUT2D eigenvalue weighted by atomic mass is 32.1. The van der Waals surface area contributed by atoms with Crippen molar-refractivity contribution in [3.8, 4) is 78.7 Å². The molecular formula is C51H33N3S. The minimum absolute atomic E-state index is 0.0574. The highest BCUT2D eigenvalue weighted by Crippen LogP contribution is 2.43. The second kappa shape index (κ2) is 14.1. The van der Waals surface area contributed by atoms with Crippen molar-refractivity contribution in [1.29, 1.82) is 0 Å². The van der Waals surface area contributed by atoms with Gasteiger partial charge in [-0.2, -0.15) is 0 Å². The SMILES string of the molecule is [2H]c1c([2H])c([2H])c(-c2c([2H])c(-c3c([2H])c([2H])c([2H])c([2H])c3[2H])c([2H])c(-c3c([2H])c([2H])c([2H])c4sc5c([2H])c(-c6nc(-c7ccccc7)nc(-c7ccc(-c8ccccc8)cc7)n6)c([2H])c([2H])c5c34)c2[2H])c([2H])c1[2H]. The number of hydrogen-bond acceptors (Lipinski definition) is 4. The van der Waals surface area contributed by atoms with Gasteiger partial charge in [0.15, 0.2) is 17.5 Å². The van der Waals surface area contributed by atoms with Crippen LogP contribution in [0.5, 0.6) is 0 Å². The predicted octanol–water partition coefficient (Wildman–Crippen LogP) is 13.9. The second-order valence-corrected chi connectivity index (χ2v) is 13.1.